The molecule has 0 bridgehead atoms. The number of hydrogen-bond acceptors (Lipinski definition) is 5. The molecule has 3 rings (SSSR count). The molecule has 2 heterocycles. The largest absolute Gasteiger partial charge is 0.383 e. The van der Waals surface area contributed by atoms with Gasteiger partial charge in [-0.25, -0.2) is 9.97 Å². The van der Waals surface area contributed by atoms with E-state index in [9.17, 15) is 0 Å². The highest BCUT2D eigenvalue weighted by molar-refractivity contribution is 6.30. The molecular formula is C17H21ClN4O. The van der Waals surface area contributed by atoms with E-state index < -0.39 is 0 Å². The van der Waals surface area contributed by atoms with Gasteiger partial charge in [0.05, 0.1) is 18.3 Å². The van der Waals surface area contributed by atoms with E-state index >= 15 is 0 Å². The minimum absolute atomic E-state index is 0.251. The molecule has 0 amide bonds. The van der Waals surface area contributed by atoms with Crippen molar-refractivity contribution in [2.75, 3.05) is 32.5 Å². The van der Waals surface area contributed by atoms with E-state index in [1.54, 1.807) is 7.11 Å². The van der Waals surface area contributed by atoms with Crippen LogP contribution in [0.3, 0.4) is 0 Å². The Balaban J connectivity index is 1.97. The van der Waals surface area contributed by atoms with Crippen LogP contribution in [0.5, 0.6) is 0 Å². The van der Waals surface area contributed by atoms with Gasteiger partial charge in [0.25, 0.3) is 0 Å². The Morgan fingerprint density at radius 1 is 1.35 bits per heavy atom. The summed E-state index contributed by atoms with van der Waals surface area (Å²) < 4.78 is 5.23. The average Bonchev–Trinajstić information content (AvgIpc) is 3.02. The van der Waals surface area contributed by atoms with E-state index in [1.807, 2.05) is 30.5 Å². The summed E-state index contributed by atoms with van der Waals surface area (Å²) in [6.45, 7) is 2.66. The summed E-state index contributed by atoms with van der Waals surface area (Å²) in [5.74, 6) is 0.316. The lowest BCUT2D eigenvalue weighted by molar-refractivity contribution is 0.140. The molecule has 5 nitrogen and oxygen atoms in total. The van der Waals surface area contributed by atoms with Crippen molar-refractivity contribution in [2.24, 2.45) is 0 Å². The maximum atomic E-state index is 6.00. The first-order valence-corrected chi connectivity index (χ1v) is 8.18. The standard InChI is InChI=1S/C17H21ClN4O/c1-23-10-9-22-8-2-3-15(22)16-14(11-20-17(19)21-16)12-4-6-13(18)7-5-12/h4-7,11,15H,2-3,8-10H2,1H3,(H2,19,20,21)/t15-/m0/s1. The summed E-state index contributed by atoms with van der Waals surface area (Å²) in [6.07, 6.45) is 4.03. The number of nitrogens with two attached hydrogens (primary N) is 1. The molecule has 122 valence electrons. The average molecular weight is 333 g/mol. The molecule has 1 atom stereocenters. The normalized spacial score (nSPS) is 18.4. The Morgan fingerprint density at radius 3 is 2.87 bits per heavy atom. The number of nitrogen functional groups attached to an aromatic ring is 1. The Morgan fingerprint density at radius 2 is 2.13 bits per heavy atom. The summed E-state index contributed by atoms with van der Waals surface area (Å²) in [6, 6.07) is 8.01. The molecular weight excluding hydrogens is 312 g/mol. The van der Waals surface area contributed by atoms with E-state index in [0.29, 0.717) is 17.6 Å². The molecule has 0 spiro atoms. The lowest BCUT2D eigenvalue weighted by Gasteiger charge is -2.25. The number of aromatic nitrogens is 2. The van der Waals surface area contributed by atoms with Crippen molar-refractivity contribution >= 4 is 17.5 Å². The van der Waals surface area contributed by atoms with Gasteiger partial charge in [0.2, 0.25) is 5.95 Å². The van der Waals surface area contributed by atoms with Crippen molar-refractivity contribution in [2.45, 2.75) is 18.9 Å². The predicted octanol–water partition coefficient (Wildman–Crippen LogP) is 3.16. The number of anilines is 1. The molecule has 1 fully saturated rings. The predicted molar refractivity (Wildman–Crippen MR) is 92.3 cm³/mol. The van der Waals surface area contributed by atoms with Crippen molar-refractivity contribution in [3.05, 3.63) is 41.2 Å². The van der Waals surface area contributed by atoms with Crippen LogP contribution in [-0.4, -0.2) is 41.7 Å². The van der Waals surface area contributed by atoms with Crippen LogP contribution in [0.1, 0.15) is 24.6 Å². The monoisotopic (exact) mass is 332 g/mol. The van der Waals surface area contributed by atoms with Crippen LogP contribution in [0, 0.1) is 0 Å². The molecule has 23 heavy (non-hydrogen) atoms. The number of likely N-dealkylation sites (tertiary alicyclic amines) is 1. The van der Waals surface area contributed by atoms with Gasteiger partial charge in [0.1, 0.15) is 0 Å². The molecule has 0 unspecified atom stereocenters. The second-order valence-corrected chi connectivity index (χ2v) is 6.16. The van der Waals surface area contributed by atoms with Crippen LogP contribution < -0.4 is 5.73 Å². The second kappa shape index (κ2) is 7.25. The molecule has 0 radical (unpaired) electrons. The van der Waals surface area contributed by atoms with E-state index in [0.717, 1.165) is 42.8 Å². The van der Waals surface area contributed by atoms with Crippen LogP contribution in [0.25, 0.3) is 11.1 Å². The fraction of sp³-hybridized carbons (Fsp3) is 0.412. The molecule has 6 heteroatoms. The third-order valence-electron chi connectivity index (χ3n) is 4.25. The van der Waals surface area contributed by atoms with Crippen LogP contribution in [0.4, 0.5) is 5.95 Å². The first-order valence-electron chi connectivity index (χ1n) is 7.80. The zero-order valence-corrected chi connectivity index (χ0v) is 14.0. The Bertz CT molecular complexity index is 662. The number of hydrogen-bond donors (Lipinski definition) is 1. The fourth-order valence-corrected chi connectivity index (χ4v) is 3.25. The zero-order chi connectivity index (χ0) is 16.2. The molecule has 2 N–H and O–H groups in total. The summed E-state index contributed by atoms with van der Waals surface area (Å²) in [5, 5.41) is 0.717. The minimum Gasteiger partial charge on any atom is -0.383 e. The molecule has 1 aliphatic rings. The van der Waals surface area contributed by atoms with Gasteiger partial charge < -0.3 is 10.5 Å². The van der Waals surface area contributed by atoms with Crippen LogP contribution in [0.2, 0.25) is 5.02 Å². The van der Waals surface area contributed by atoms with Gasteiger partial charge in [-0.2, -0.15) is 0 Å². The van der Waals surface area contributed by atoms with E-state index in [1.165, 1.54) is 0 Å². The maximum Gasteiger partial charge on any atom is 0.220 e. The third kappa shape index (κ3) is 3.63. The van der Waals surface area contributed by atoms with E-state index in [-0.39, 0.29) is 6.04 Å². The van der Waals surface area contributed by atoms with Crippen LogP contribution >= 0.6 is 11.6 Å². The van der Waals surface area contributed by atoms with Gasteiger partial charge in [-0.15, -0.1) is 0 Å². The Hall–Kier alpha value is -1.69. The van der Waals surface area contributed by atoms with Crippen LogP contribution in [0.15, 0.2) is 30.5 Å². The number of benzene rings is 1. The highest BCUT2D eigenvalue weighted by Crippen LogP contribution is 2.36. The van der Waals surface area contributed by atoms with Crippen LogP contribution in [-0.2, 0) is 4.74 Å². The first-order chi connectivity index (χ1) is 11.2. The summed E-state index contributed by atoms with van der Waals surface area (Å²) in [7, 11) is 1.73. The highest BCUT2D eigenvalue weighted by Gasteiger charge is 2.29. The lowest BCUT2D eigenvalue weighted by atomic mass is 10.00. The molecule has 1 saturated heterocycles. The van der Waals surface area contributed by atoms with E-state index in [4.69, 9.17) is 22.1 Å². The van der Waals surface area contributed by atoms with E-state index in [2.05, 4.69) is 14.9 Å². The maximum absolute atomic E-state index is 6.00. The van der Waals surface area contributed by atoms with Crippen molar-refractivity contribution in [3.63, 3.8) is 0 Å². The van der Waals surface area contributed by atoms with Crippen molar-refractivity contribution in [1.29, 1.82) is 0 Å². The van der Waals surface area contributed by atoms with Gasteiger partial charge >= 0.3 is 0 Å². The second-order valence-electron chi connectivity index (χ2n) is 5.72. The molecule has 1 aromatic heterocycles. The van der Waals surface area contributed by atoms with Gasteiger partial charge in [0.15, 0.2) is 0 Å². The van der Waals surface area contributed by atoms with Gasteiger partial charge in [-0.3, -0.25) is 4.90 Å². The smallest absolute Gasteiger partial charge is 0.220 e. The summed E-state index contributed by atoms with van der Waals surface area (Å²) in [4.78, 5) is 11.2. The summed E-state index contributed by atoms with van der Waals surface area (Å²) in [5.41, 5.74) is 8.93. The number of rotatable bonds is 5. The number of nitrogens with zero attached hydrogens (tertiary/aromatic N) is 3. The fourth-order valence-electron chi connectivity index (χ4n) is 3.13. The number of halogens is 1. The molecule has 1 aliphatic heterocycles. The number of ether oxygens (including phenoxy) is 1. The third-order valence-corrected chi connectivity index (χ3v) is 4.51. The molecule has 0 aliphatic carbocycles. The quantitative estimate of drug-likeness (QED) is 0.911. The van der Waals surface area contributed by atoms with Crippen molar-refractivity contribution in [1.82, 2.24) is 14.9 Å². The topological polar surface area (TPSA) is 64.3 Å². The van der Waals surface area contributed by atoms with Gasteiger partial charge in [0, 0.05) is 30.4 Å². The number of methoxy groups -OCH3 is 1. The Kier molecular flexibility index (Phi) is 5.10. The summed E-state index contributed by atoms with van der Waals surface area (Å²) >= 11 is 6.00. The molecule has 1 aromatic carbocycles. The highest BCUT2D eigenvalue weighted by atomic mass is 35.5. The molecule has 2 aromatic rings. The SMILES string of the molecule is COCCN1CCC[C@H]1c1nc(N)ncc1-c1ccc(Cl)cc1. The Labute approximate surface area is 141 Å². The van der Waals surface area contributed by atoms with Gasteiger partial charge in [-0.05, 0) is 37.1 Å². The zero-order valence-electron chi connectivity index (χ0n) is 13.2. The lowest BCUT2D eigenvalue weighted by Crippen LogP contribution is -2.28. The first kappa shape index (κ1) is 16.2. The minimum atomic E-state index is 0.251. The molecule has 0 saturated carbocycles. The van der Waals surface area contributed by atoms with Crippen molar-refractivity contribution < 1.29 is 4.74 Å². The van der Waals surface area contributed by atoms with Gasteiger partial charge in [-0.1, -0.05) is 23.7 Å². The van der Waals surface area contributed by atoms with Crippen molar-refractivity contribution in [3.8, 4) is 11.1 Å².